The molecule has 0 saturated heterocycles. The second-order valence-electron chi connectivity index (χ2n) is 6.80. The number of thiazole rings is 1. The average Bonchev–Trinajstić information content (AvgIpc) is 3.24. The number of hydrogen-bond acceptors (Lipinski definition) is 8. The average molecular weight is 467 g/mol. The van der Waals surface area contributed by atoms with Crippen molar-refractivity contribution in [1.82, 2.24) is 19.9 Å². The molecule has 0 saturated carbocycles. The molecule has 4 rings (SSSR count). The molecule has 0 fully saturated rings. The van der Waals surface area contributed by atoms with E-state index < -0.39 is 0 Å². The minimum absolute atomic E-state index is 0.286. The number of carbonyl (C=O) groups excluding carboxylic acids is 1. The summed E-state index contributed by atoms with van der Waals surface area (Å²) in [6.45, 7) is 3.68. The summed E-state index contributed by atoms with van der Waals surface area (Å²) >= 11 is 7.42. The van der Waals surface area contributed by atoms with Crippen molar-refractivity contribution in [2.75, 3.05) is 17.7 Å². The van der Waals surface area contributed by atoms with Crippen LogP contribution in [-0.4, -0.2) is 33.0 Å². The lowest BCUT2D eigenvalue weighted by molar-refractivity contribution is 0.103. The lowest BCUT2D eigenvalue weighted by Gasteiger charge is -2.10. The van der Waals surface area contributed by atoms with Gasteiger partial charge in [0.25, 0.3) is 5.91 Å². The van der Waals surface area contributed by atoms with E-state index in [2.05, 4.69) is 30.6 Å². The van der Waals surface area contributed by atoms with Crippen LogP contribution in [0.3, 0.4) is 0 Å². The number of ether oxygens (including phenoxy) is 1. The first-order chi connectivity index (χ1) is 15.4. The van der Waals surface area contributed by atoms with Crippen molar-refractivity contribution in [2.45, 2.75) is 13.8 Å². The molecule has 0 aliphatic heterocycles. The molecule has 4 aromatic rings. The van der Waals surface area contributed by atoms with Crippen LogP contribution in [0.4, 0.5) is 16.6 Å². The molecule has 1 aromatic carbocycles. The fourth-order valence-electron chi connectivity index (χ4n) is 3.03. The Balaban J connectivity index is 1.55. The maximum atomic E-state index is 12.7. The zero-order valence-corrected chi connectivity index (χ0v) is 19.1. The summed E-state index contributed by atoms with van der Waals surface area (Å²) in [5.74, 6) is 1.49. The molecule has 3 heterocycles. The molecule has 0 unspecified atom stereocenters. The number of aromatic nitrogens is 4. The topological polar surface area (TPSA) is 102 Å². The highest BCUT2D eigenvalue weighted by Gasteiger charge is 2.15. The Hall–Kier alpha value is -3.56. The van der Waals surface area contributed by atoms with Crippen LogP contribution in [-0.2, 0) is 0 Å². The highest BCUT2D eigenvalue weighted by molar-refractivity contribution is 7.17. The second-order valence-corrected chi connectivity index (χ2v) is 8.24. The number of pyridine rings is 1. The molecule has 3 aromatic heterocycles. The molecule has 10 heteroatoms. The minimum atomic E-state index is -0.286. The van der Waals surface area contributed by atoms with Gasteiger partial charge in [0, 0.05) is 18.5 Å². The molecular formula is C22H19ClN6O2S. The van der Waals surface area contributed by atoms with Crippen LogP contribution in [0.15, 0.2) is 48.9 Å². The largest absolute Gasteiger partial charge is 0.496 e. The number of para-hydroxylation sites is 1. The van der Waals surface area contributed by atoms with Gasteiger partial charge in [0.2, 0.25) is 0 Å². The van der Waals surface area contributed by atoms with Gasteiger partial charge in [-0.15, -0.1) is 0 Å². The molecule has 0 spiro atoms. The van der Waals surface area contributed by atoms with Gasteiger partial charge in [-0.25, -0.2) is 15.0 Å². The van der Waals surface area contributed by atoms with E-state index in [0.717, 1.165) is 11.1 Å². The molecule has 0 aliphatic carbocycles. The summed E-state index contributed by atoms with van der Waals surface area (Å²) in [5, 5.41) is 7.00. The molecule has 32 heavy (non-hydrogen) atoms. The molecule has 2 N–H and O–H groups in total. The van der Waals surface area contributed by atoms with Crippen molar-refractivity contribution in [3.05, 3.63) is 70.2 Å². The second kappa shape index (κ2) is 9.29. The maximum absolute atomic E-state index is 12.7. The van der Waals surface area contributed by atoms with Gasteiger partial charge in [0.15, 0.2) is 5.13 Å². The van der Waals surface area contributed by atoms with E-state index >= 15 is 0 Å². The molecule has 8 nitrogen and oxygen atoms in total. The van der Waals surface area contributed by atoms with Crippen molar-refractivity contribution in [1.29, 1.82) is 0 Å². The summed E-state index contributed by atoms with van der Waals surface area (Å²) in [6, 6.07) is 9.00. The van der Waals surface area contributed by atoms with Gasteiger partial charge < -0.3 is 15.4 Å². The van der Waals surface area contributed by atoms with Gasteiger partial charge in [-0.1, -0.05) is 35.1 Å². The van der Waals surface area contributed by atoms with Crippen LogP contribution in [0, 0.1) is 13.8 Å². The molecule has 1 amide bonds. The van der Waals surface area contributed by atoms with Crippen molar-refractivity contribution < 1.29 is 9.53 Å². The SMILES string of the molecule is COc1ccncc1-c1cc(Nc2ncc(C(=O)Nc3c(C)cccc3Cl)s2)nc(C)n1. The number of methoxy groups -OCH3 is 1. The first-order valence-electron chi connectivity index (χ1n) is 9.58. The Morgan fingerprint density at radius 3 is 2.78 bits per heavy atom. The van der Waals surface area contributed by atoms with Crippen molar-refractivity contribution >= 4 is 45.5 Å². The van der Waals surface area contributed by atoms with Gasteiger partial charge >= 0.3 is 0 Å². The van der Waals surface area contributed by atoms with Crippen LogP contribution in [0.5, 0.6) is 5.75 Å². The van der Waals surface area contributed by atoms with E-state index in [1.54, 1.807) is 44.6 Å². The third kappa shape index (κ3) is 4.68. The number of halogens is 1. The first-order valence-corrected chi connectivity index (χ1v) is 10.8. The Bertz CT molecular complexity index is 1270. The zero-order chi connectivity index (χ0) is 22.7. The van der Waals surface area contributed by atoms with Crippen LogP contribution in [0.1, 0.15) is 21.1 Å². The molecule has 0 radical (unpaired) electrons. The fraction of sp³-hybridized carbons (Fsp3) is 0.136. The summed E-state index contributed by atoms with van der Waals surface area (Å²) in [4.78, 5) is 30.5. The van der Waals surface area contributed by atoms with Crippen LogP contribution in [0.25, 0.3) is 11.3 Å². The summed E-state index contributed by atoms with van der Waals surface area (Å²) in [6.07, 6.45) is 4.85. The predicted molar refractivity (Wildman–Crippen MR) is 126 cm³/mol. The third-order valence-electron chi connectivity index (χ3n) is 4.54. The predicted octanol–water partition coefficient (Wildman–Crippen LogP) is 5.27. The lowest BCUT2D eigenvalue weighted by Crippen LogP contribution is -2.11. The molecule has 0 atom stereocenters. The Morgan fingerprint density at radius 2 is 2.00 bits per heavy atom. The van der Waals surface area contributed by atoms with E-state index in [0.29, 0.717) is 43.8 Å². The molecule has 0 bridgehead atoms. The van der Waals surface area contributed by atoms with Gasteiger partial charge in [0.1, 0.15) is 22.3 Å². The number of amides is 1. The normalized spacial score (nSPS) is 10.6. The molecule has 0 aliphatic rings. The maximum Gasteiger partial charge on any atom is 0.267 e. The smallest absolute Gasteiger partial charge is 0.267 e. The number of aryl methyl sites for hydroxylation is 2. The highest BCUT2D eigenvalue weighted by atomic mass is 35.5. The number of nitrogens with one attached hydrogen (secondary N) is 2. The number of carbonyl (C=O) groups is 1. The number of anilines is 3. The number of nitrogens with zero attached hydrogens (tertiary/aromatic N) is 4. The summed E-state index contributed by atoms with van der Waals surface area (Å²) in [7, 11) is 1.60. The number of rotatable bonds is 6. The van der Waals surface area contributed by atoms with Crippen molar-refractivity contribution in [3.63, 3.8) is 0 Å². The van der Waals surface area contributed by atoms with Crippen LogP contribution >= 0.6 is 22.9 Å². The monoisotopic (exact) mass is 466 g/mol. The van der Waals surface area contributed by atoms with Gasteiger partial charge in [-0.05, 0) is 31.5 Å². The standard InChI is InChI=1S/C22H19ClN6O2S/c1-12-5-4-6-15(23)20(12)29-21(30)18-11-25-22(32-18)28-19-9-16(26-13(2)27-19)14-10-24-8-7-17(14)31-3/h4-11H,1-3H3,(H,29,30)(H,25,26,27,28). The molecular weight excluding hydrogens is 448 g/mol. The van der Waals surface area contributed by atoms with E-state index in [4.69, 9.17) is 16.3 Å². The van der Waals surface area contributed by atoms with Gasteiger partial charge in [-0.2, -0.15) is 0 Å². The van der Waals surface area contributed by atoms with Gasteiger partial charge in [-0.3, -0.25) is 9.78 Å². The van der Waals surface area contributed by atoms with Crippen LogP contribution in [0.2, 0.25) is 5.02 Å². The number of hydrogen-bond donors (Lipinski definition) is 2. The Morgan fingerprint density at radius 1 is 1.16 bits per heavy atom. The minimum Gasteiger partial charge on any atom is -0.496 e. The van der Waals surface area contributed by atoms with E-state index in [-0.39, 0.29) is 5.91 Å². The summed E-state index contributed by atoms with van der Waals surface area (Å²) in [5.41, 5.74) is 2.87. The highest BCUT2D eigenvalue weighted by Crippen LogP contribution is 2.31. The van der Waals surface area contributed by atoms with Gasteiger partial charge in [0.05, 0.1) is 35.3 Å². The van der Waals surface area contributed by atoms with E-state index in [9.17, 15) is 4.79 Å². The Kier molecular flexibility index (Phi) is 6.29. The van der Waals surface area contributed by atoms with Crippen molar-refractivity contribution in [2.24, 2.45) is 0 Å². The van der Waals surface area contributed by atoms with E-state index in [1.807, 2.05) is 19.1 Å². The first kappa shape index (κ1) is 21.7. The Labute approximate surface area is 193 Å². The fourth-order valence-corrected chi connectivity index (χ4v) is 4.02. The summed E-state index contributed by atoms with van der Waals surface area (Å²) < 4.78 is 5.41. The number of benzene rings is 1. The molecule has 162 valence electrons. The van der Waals surface area contributed by atoms with Crippen molar-refractivity contribution in [3.8, 4) is 17.0 Å². The third-order valence-corrected chi connectivity index (χ3v) is 5.77. The quantitative estimate of drug-likeness (QED) is 0.399. The zero-order valence-electron chi connectivity index (χ0n) is 17.5. The van der Waals surface area contributed by atoms with Crippen LogP contribution < -0.4 is 15.4 Å². The lowest BCUT2D eigenvalue weighted by atomic mass is 10.2. The van der Waals surface area contributed by atoms with E-state index in [1.165, 1.54) is 17.5 Å².